The Kier molecular flexibility index (Phi) is 6.03. The van der Waals surface area contributed by atoms with Gasteiger partial charge in [-0.15, -0.1) is 0 Å². The van der Waals surface area contributed by atoms with Gasteiger partial charge in [0.1, 0.15) is 18.4 Å². The van der Waals surface area contributed by atoms with Crippen LogP contribution in [0.5, 0.6) is 17.2 Å². The molecule has 2 rings (SSSR count). The van der Waals surface area contributed by atoms with Gasteiger partial charge < -0.3 is 24.7 Å². The average molecular weight is 331 g/mol. The zero-order chi connectivity index (χ0) is 17.5. The van der Waals surface area contributed by atoms with Crippen LogP contribution >= 0.6 is 0 Å². The lowest BCUT2D eigenvalue weighted by atomic mass is 10.1. The zero-order valence-corrected chi connectivity index (χ0v) is 13.9. The Morgan fingerprint density at radius 2 is 1.62 bits per heavy atom. The van der Waals surface area contributed by atoms with Crippen LogP contribution < -0.4 is 19.9 Å². The Hall–Kier alpha value is -2.73. The summed E-state index contributed by atoms with van der Waals surface area (Å²) in [5.41, 5.74) is 7.44. The van der Waals surface area contributed by atoms with E-state index in [1.54, 1.807) is 12.1 Å². The van der Waals surface area contributed by atoms with Crippen LogP contribution in [0, 0.1) is 0 Å². The van der Waals surface area contributed by atoms with Crippen LogP contribution in [-0.2, 0) is 16.1 Å². The second-order valence-corrected chi connectivity index (χ2v) is 5.02. The van der Waals surface area contributed by atoms with Crippen molar-refractivity contribution in [1.29, 1.82) is 0 Å². The highest BCUT2D eigenvalue weighted by Gasteiger charge is 2.23. The molecule has 2 N–H and O–H groups in total. The maximum Gasteiger partial charge on any atom is 0.327 e. The fourth-order valence-corrected chi connectivity index (χ4v) is 2.23. The van der Waals surface area contributed by atoms with Gasteiger partial charge in [-0.25, -0.2) is 0 Å². The van der Waals surface area contributed by atoms with E-state index in [4.69, 9.17) is 24.7 Å². The summed E-state index contributed by atoms with van der Waals surface area (Å²) < 4.78 is 21.1. The van der Waals surface area contributed by atoms with Crippen LogP contribution in [0.25, 0.3) is 0 Å². The monoisotopic (exact) mass is 331 g/mol. The van der Waals surface area contributed by atoms with Crippen molar-refractivity contribution in [2.75, 3.05) is 21.3 Å². The minimum absolute atomic E-state index is 0.331. The summed E-state index contributed by atoms with van der Waals surface area (Å²) in [6, 6.07) is 12.0. The molecule has 0 heterocycles. The number of ether oxygens (including phenoxy) is 4. The Morgan fingerprint density at radius 3 is 2.21 bits per heavy atom. The molecule has 0 unspecified atom stereocenters. The number of methoxy groups -OCH3 is 3. The first-order chi connectivity index (χ1) is 11.6. The molecule has 2 aromatic carbocycles. The van der Waals surface area contributed by atoms with Crippen molar-refractivity contribution in [1.82, 2.24) is 0 Å². The Bertz CT molecular complexity index is 687. The number of benzene rings is 2. The van der Waals surface area contributed by atoms with Crippen LogP contribution in [0.3, 0.4) is 0 Å². The number of nitrogens with two attached hydrogens (primary N) is 1. The van der Waals surface area contributed by atoms with E-state index in [0.29, 0.717) is 29.4 Å². The molecule has 0 aliphatic carbocycles. The van der Waals surface area contributed by atoms with Gasteiger partial charge in [0.25, 0.3) is 0 Å². The van der Waals surface area contributed by atoms with E-state index in [9.17, 15) is 4.79 Å². The molecule has 0 spiro atoms. The molecular weight excluding hydrogens is 310 g/mol. The second kappa shape index (κ2) is 8.21. The smallest absolute Gasteiger partial charge is 0.327 e. The summed E-state index contributed by atoms with van der Waals surface area (Å²) >= 11 is 0. The van der Waals surface area contributed by atoms with Gasteiger partial charge in [0.05, 0.1) is 21.3 Å². The minimum atomic E-state index is -0.986. The molecule has 24 heavy (non-hydrogen) atoms. The van der Waals surface area contributed by atoms with Gasteiger partial charge in [0, 0.05) is 11.6 Å². The minimum Gasteiger partial charge on any atom is -0.493 e. The molecule has 2 aromatic rings. The highest BCUT2D eigenvalue weighted by Crippen LogP contribution is 2.37. The third-order valence-corrected chi connectivity index (χ3v) is 3.54. The summed E-state index contributed by atoms with van der Waals surface area (Å²) in [4.78, 5) is 11.8. The molecule has 0 amide bonds. The van der Waals surface area contributed by atoms with Gasteiger partial charge in [0.15, 0.2) is 11.5 Å². The lowest BCUT2D eigenvalue weighted by Crippen LogP contribution is -2.23. The summed E-state index contributed by atoms with van der Waals surface area (Å²) in [7, 11) is 4.32. The summed E-state index contributed by atoms with van der Waals surface area (Å²) in [6.45, 7) is 0.331. The summed E-state index contributed by atoms with van der Waals surface area (Å²) in [5, 5.41) is 0. The molecule has 0 fully saturated rings. The van der Waals surface area contributed by atoms with Gasteiger partial charge in [-0.1, -0.05) is 30.3 Å². The van der Waals surface area contributed by atoms with E-state index in [-0.39, 0.29) is 0 Å². The van der Waals surface area contributed by atoms with Crippen molar-refractivity contribution < 1.29 is 23.7 Å². The van der Waals surface area contributed by atoms with Crippen molar-refractivity contribution in [3.8, 4) is 17.2 Å². The first-order valence-corrected chi connectivity index (χ1v) is 7.36. The normalized spacial score (nSPS) is 11.5. The Labute approximate surface area is 141 Å². The third-order valence-electron chi connectivity index (χ3n) is 3.54. The van der Waals surface area contributed by atoms with Crippen LogP contribution in [0.15, 0.2) is 42.5 Å². The van der Waals surface area contributed by atoms with Gasteiger partial charge in [-0.2, -0.15) is 0 Å². The van der Waals surface area contributed by atoms with Crippen molar-refractivity contribution in [2.45, 2.75) is 12.6 Å². The quantitative estimate of drug-likeness (QED) is 0.785. The molecule has 6 nitrogen and oxygen atoms in total. The number of rotatable bonds is 7. The molecule has 0 aromatic heterocycles. The van der Waals surface area contributed by atoms with Gasteiger partial charge in [-0.3, -0.25) is 4.79 Å². The Balaban J connectivity index is 2.36. The maximum atomic E-state index is 11.8. The van der Waals surface area contributed by atoms with Crippen LogP contribution in [0.1, 0.15) is 17.2 Å². The highest BCUT2D eigenvalue weighted by atomic mass is 16.5. The molecule has 128 valence electrons. The van der Waals surface area contributed by atoms with Crippen molar-refractivity contribution in [2.24, 2.45) is 5.73 Å². The van der Waals surface area contributed by atoms with E-state index >= 15 is 0 Å². The van der Waals surface area contributed by atoms with E-state index in [0.717, 1.165) is 5.56 Å². The van der Waals surface area contributed by atoms with E-state index in [1.807, 2.05) is 30.3 Å². The highest BCUT2D eigenvalue weighted by molar-refractivity contribution is 5.79. The van der Waals surface area contributed by atoms with Crippen LogP contribution in [0.4, 0.5) is 0 Å². The molecule has 0 aliphatic heterocycles. The van der Waals surface area contributed by atoms with E-state index in [2.05, 4.69) is 0 Å². The fraction of sp³-hybridized carbons (Fsp3) is 0.278. The third kappa shape index (κ3) is 3.97. The standard InChI is InChI=1S/C18H21NO5/c1-21-15-9-13(17(19)18(20)23-3)14(10-16(15)22-2)24-11-12-7-5-4-6-8-12/h4-10,17H,11,19H2,1-3H3/t17-/m1/s1. The lowest BCUT2D eigenvalue weighted by molar-refractivity contribution is -0.142. The molecular formula is C18H21NO5. The molecule has 0 saturated heterocycles. The molecule has 6 heteroatoms. The first kappa shape index (κ1) is 17.6. The predicted octanol–water partition coefficient (Wildman–Crippen LogP) is 2.46. The zero-order valence-electron chi connectivity index (χ0n) is 13.9. The van der Waals surface area contributed by atoms with Crippen LogP contribution in [-0.4, -0.2) is 27.3 Å². The second-order valence-electron chi connectivity index (χ2n) is 5.02. The maximum absolute atomic E-state index is 11.8. The van der Waals surface area contributed by atoms with Crippen molar-refractivity contribution >= 4 is 5.97 Å². The molecule has 0 bridgehead atoms. The first-order valence-electron chi connectivity index (χ1n) is 7.36. The largest absolute Gasteiger partial charge is 0.493 e. The SMILES string of the molecule is COC(=O)[C@H](N)c1cc(OC)c(OC)cc1OCc1ccccc1. The van der Waals surface area contributed by atoms with Crippen LogP contribution in [0.2, 0.25) is 0 Å². The number of esters is 1. The van der Waals surface area contributed by atoms with Gasteiger partial charge >= 0.3 is 5.97 Å². The Morgan fingerprint density at radius 1 is 1.00 bits per heavy atom. The molecule has 0 saturated carbocycles. The average Bonchev–Trinajstić information content (AvgIpc) is 2.65. The molecule has 1 atom stereocenters. The van der Waals surface area contributed by atoms with E-state index < -0.39 is 12.0 Å². The van der Waals surface area contributed by atoms with Gasteiger partial charge in [0.2, 0.25) is 0 Å². The number of carbonyl (C=O) groups excluding carboxylic acids is 1. The number of hydrogen-bond donors (Lipinski definition) is 1. The summed E-state index contributed by atoms with van der Waals surface area (Å²) in [6.07, 6.45) is 0. The topological polar surface area (TPSA) is 80.0 Å². The lowest BCUT2D eigenvalue weighted by Gasteiger charge is -2.18. The predicted molar refractivity (Wildman–Crippen MR) is 89.3 cm³/mol. The van der Waals surface area contributed by atoms with E-state index in [1.165, 1.54) is 21.3 Å². The number of hydrogen-bond acceptors (Lipinski definition) is 6. The number of carbonyl (C=O) groups is 1. The van der Waals surface area contributed by atoms with Crippen molar-refractivity contribution in [3.05, 3.63) is 53.6 Å². The summed E-state index contributed by atoms with van der Waals surface area (Å²) in [5.74, 6) is 0.821. The molecule has 0 aliphatic rings. The van der Waals surface area contributed by atoms with Gasteiger partial charge in [-0.05, 0) is 11.6 Å². The molecule has 0 radical (unpaired) electrons. The fourth-order valence-electron chi connectivity index (χ4n) is 2.23. The van der Waals surface area contributed by atoms with Crippen molar-refractivity contribution in [3.63, 3.8) is 0 Å².